The lowest BCUT2D eigenvalue weighted by Crippen LogP contribution is -2.26. The Morgan fingerprint density at radius 1 is 0.967 bits per heavy atom. The second-order valence-electron chi connectivity index (χ2n) is 9.14. The Morgan fingerprint density at radius 3 is 2.30 bits per heavy atom. The van der Waals surface area contributed by atoms with Crippen LogP contribution in [-0.2, 0) is 6.42 Å². The Morgan fingerprint density at radius 2 is 1.67 bits per heavy atom. The number of nitrogens with zero attached hydrogens (tertiary/aromatic N) is 1. The van der Waals surface area contributed by atoms with E-state index in [4.69, 9.17) is 5.11 Å². The second kappa shape index (κ2) is 11.3. The third-order valence-corrected chi connectivity index (χ3v) is 6.88. The fourth-order valence-electron chi connectivity index (χ4n) is 4.98. The minimum Gasteiger partial charge on any atom is -0.396 e. The van der Waals surface area contributed by atoms with Gasteiger partial charge < -0.3 is 5.11 Å². The molecule has 0 saturated heterocycles. The summed E-state index contributed by atoms with van der Waals surface area (Å²) in [7, 11) is 0. The van der Waals surface area contributed by atoms with Crippen LogP contribution in [0.25, 0.3) is 11.1 Å². The van der Waals surface area contributed by atoms with E-state index in [1.54, 1.807) is 0 Å². The quantitative estimate of drug-likeness (QED) is 0.419. The normalized spacial score (nSPS) is 21.3. The Hall–Kier alpha value is -2.11. The summed E-state index contributed by atoms with van der Waals surface area (Å²) >= 11 is 0. The van der Waals surface area contributed by atoms with Gasteiger partial charge in [0, 0.05) is 6.61 Å². The van der Waals surface area contributed by atoms with Crippen LogP contribution in [0, 0.1) is 16.7 Å². The summed E-state index contributed by atoms with van der Waals surface area (Å²) in [5.41, 5.74) is 5.18. The lowest BCUT2D eigenvalue weighted by atomic mass is 9.66. The first-order chi connectivity index (χ1) is 14.7. The van der Waals surface area contributed by atoms with Gasteiger partial charge >= 0.3 is 0 Å². The number of aliphatic hydroxyl groups excluding tert-OH is 1. The molecule has 2 aromatic rings. The average Bonchev–Trinajstić information content (AvgIpc) is 2.81. The molecule has 2 nitrogen and oxygen atoms in total. The largest absolute Gasteiger partial charge is 0.396 e. The van der Waals surface area contributed by atoms with Crippen molar-refractivity contribution in [1.82, 2.24) is 0 Å². The van der Waals surface area contributed by atoms with Gasteiger partial charge in [0.1, 0.15) is 0 Å². The number of aryl methyl sites for hydroxylation is 1. The van der Waals surface area contributed by atoms with Crippen LogP contribution in [0.4, 0.5) is 0 Å². The number of benzene rings is 2. The fraction of sp³-hybridized carbons (Fsp3) is 0.536. The molecule has 0 bridgehead atoms. The smallest absolute Gasteiger partial charge is 0.0689 e. The number of nitriles is 1. The highest BCUT2D eigenvalue weighted by Gasteiger charge is 2.36. The predicted molar refractivity (Wildman–Crippen MR) is 125 cm³/mol. The summed E-state index contributed by atoms with van der Waals surface area (Å²) in [5.74, 6) is 0.488. The molecular formula is C28H37NO. The number of unbranched alkanes of at least 4 members (excludes halogenated alkanes) is 3. The van der Waals surface area contributed by atoms with Crippen molar-refractivity contribution in [3.05, 3.63) is 59.7 Å². The zero-order chi connectivity index (χ0) is 21.2. The third kappa shape index (κ3) is 5.96. The highest BCUT2D eigenvalue weighted by molar-refractivity contribution is 5.64. The van der Waals surface area contributed by atoms with E-state index in [0.717, 1.165) is 51.4 Å². The van der Waals surface area contributed by atoms with E-state index in [1.165, 1.54) is 41.5 Å². The minimum atomic E-state index is -0.175. The molecule has 2 atom stereocenters. The maximum absolute atomic E-state index is 9.93. The summed E-state index contributed by atoms with van der Waals surface area (Å²) in [6.07, 6.45) is 11.9. The molecule has 0 radical (unpaired) electrons. The monoisotopic (exact) mass is 403 g/mol. The van der Waals surface area contributed by atoms with Gasteiger partial charge in [-0.25, -0.2) is 0 Å². The van der Waals surface area contributed by atoms with Crippen LogP contribution in [0.5, 0.6) is 0 Å². The lowest BCUT2D eigenvalue weighted by Gasteiger charge is -2.36. The van der Waals surface area contributed by atoms with Gasteiger partial charge in [0.15, 0.2) is 0 Å². The minimum absolute atomic E-state index is 0.175. The molecule has 1 fully saturated rings. The topological polar surface area (TPSA) is 44.0 Å². The van der Waals surface area contributed by atoms with Crippen molar-refractivity contribution in [2.24, 2.45) is 5.41 Å². The van der Waals surface area contributed by atoms with Crippen LogP contribution in [0.1, 0.15) is 88.2 Å². The van der Waals surface area contributed by atoms with Crippen molar-refractivity contribution in [3.8, 4) is 17.2 Å². The van der Waals surface area contributed by atoms with Crippen molar-refractivity contribution in [2.45, 2.75) is 83.5 Å². The standard InChI is InChI=1S/C28H37NO/c1-2-3-8-23-10-12-24(13-11-23)25-14-16-26(17-15-25)27-9-7-19-28(21-27,22-29)18-5-4-6-20-30/h10-17,27,30H,2-9,18-21H2,1H3. The summed E-state index contributed by atoms with van der Waals surface area (Å²) in [5, 5.41) is 18.9. The van der Waals surface area contributed by atoms with Crippen LogP contribution in [0.15, 0.2) is 48.5 Å². The molecule has 160 valence electrons. The first kappa shape index (κ1) is 22.6. The van der Waals surface area contributed by atoms with Gasteiger partial charge in [-0.2, -0.15) is 5.26 Å². The molecule has 0 amide bonds. The van der Waals surface area contributed by atoms with Crippen molar-refractivity contribution in [3.63, 3.8) is 0 Å². The van der Waals surface area contributed by atoms with Gasteiger partial charge in [-0.3, -0.25) is 0 Å². The van der Waals surface area contributed by atoms with E-state index < -0.39 is 0 Å². The van der Waals surface area contributed by atoms with Gasteiger partial charge in [-0.15, -0.1) is 0 Å². The van der Waals surface area contributed by atoms with E-state index in [9.17, 15) is 5.26 Å². The Kier molecular flexibility index (Phi) is 8.52. The molecule has 30 heavy (non-hydrogen) atoms. The second-order valence-corrected chi connectivity index (χ2v) is 9.14. The number of hydrogen-bond donors (Lipinski definition) is 1. The van der Waals surface area contributed by atoms with Crippen LogP contribution in [-0.4, -0.2) is 11.7 Å². The molecule has 2 aromatic carbocycles. The Labute approximate surface area is 183 Å². The highest BCUT2D eigenvalue weighted by atomic mass is 16.2. The predicted octanol–water partition coefficient (Wildman–Crippen LogP) is 7.42. The summed E-state index contributed by atoms with van der Waals surface area (Å²) in [6, 6.07) is 20.8. The van der Waals surface area contributed by atoms with Gasteiger partial charge in [-0.05, 0) is 73.1 Å². The molecule has 1 saturated carbocycles. The van der Waals surface area contributed by atoms with E-state index >= 15 is 0 Å². The molecule has 1 aliphatic rings. The van der Waals surface area contributed by atoms with Gasteiger partial charge in [-0.1, -0.05) is 81.1 Å². The van der Waals surface area contributed by atoms with Crippen LogP contribution < -0.4 is 0 Å². The molecule has 2 heteroatoms. The van der Waals surface area contributed by atoms with Gasteiger partial charge in [0.2, 0.25) is 0 Å². The first-order valence-electron chi connectivity index (χ1n) is 11.9. The fourth-order valence-corrected chi connectivity index (χ4v) is 4.98. The molecule has 0 aliphatic heterocycles. The van der Waals surface area contributed by atoms with E-state index in [-0.39, 0.29) is 12.0 Å². The first-order valence-corrected chi connectivity index (χ1v) is 11.9. The molecule has 0 spiro atoms. The molecule has 0 heterocycles. The summed E-state index contributed by atoms with van der Waals surface area (Å²) in [6.45, 7) is 2.50. The average molecular weight is 404 g/mol. The maximum atomic E-state index is 9.93. The summed E-state index contributed by atoms with van der Waals surface area (Å²) < 4.78 is 0. The molecular weight excluding hydrogens is 366 g/mol. The molecule has 1 N–H and O–H groups in total. The zero-order valence-corrected chi connectivity index (χ0v) is 18.6. The van der Waals surface area contributed by atoms with Crippen LogP contribution in [0.2, 0.25) is 0 Å². The Balaban J connectivity index is 1.64. The van der Waals surface area contributed by atoms with Crippen molar-refractivity contribution < 1.29 is 5.11 Å². The van der Waals surface area contributed by atoms with Crippen LogP contribution in [0.3, 0.4) is 0 Å². The van der Waals surface area contributed by atoms with Gasteiger partial charge in [0.05, 0.1) is 11.5 Å². The number of hydrogen-bond acceptors (Lipinski definition) is 2. The third-order valence-electron chi connectivity index (χ3n) is 6.88. The van der Waals surface area contributed by atoms with E-state index in [1.807, 2.05) is 0 Å². The SMILES string of the molecule is CCCCc1ccc(-c2ccc(C3CCCC(C#N)(CCCCCO)C3)cc2)cc1. The Bertz CT molecular complexity index is 802. The molecule has 2 unspecified atom stereocenters. The molecule has 3 rings (SSSR count). The molecule has 1 aliphatic carbocycles. The van der Waals surface area contributed by atoms with Crippen molar-refractivity contribution >= 4 is 0 Å². The lowest BCUT2D eigenvalue weighted by molar-refractivity contribution is 0.214. The van der Waals surface area contributed by atoms with Crippen molar-refractivity contribution in [1.29, 1.82) is 5.26 Å². The number of aliphatic hydroxyl groups is 1. The maximum Gasteiger partial charge on any atom is 0.0689 e. The summed E-state index contributed by atoms with van der Waals surface area (Å²) in [4.78, 5) is 0. The number of rotatable bonds is 10. The van der Waals surface area contributed by atoms with Gasteiger partial charge in [0.25, 0.3) is 0 Å². The van der Waals surface area contributed by atoms with E-state index in [0.29, 0.717) is 5.92 Å². The van der Waals surface area contributed by atoms with Crippen LogP contribution >= 0.6 is 0 Å². The zero-order valence-electron chi connectivity index (χ0n) is 18.6. The van der Waals surface area contributed by atoms with Crippen molar-refractivity contribution in [2.75, 3.05) is 6.61 Å². The van der Waals surface area contributed by atoms with E-state index in [2.05, 4.69) is 61.5 Å². The highest BCUT2D eigenvalue weighted by Crippen LogP contribution is 2.46. The molecule has 0 aromatic heterocycles.